The van der Waals surface area contributed by atoms with Crippen molar-refractivity contribution in [3.8, 4) is 0 Å². The molecule has 1 aliphatic rings. The fourth-order valence-corrected chi connectivity index (χ4v) is 2.93. The molecule has 0 saturated heterocycles. The molecule has 0 spiro atoms. The van der Waals surface area contributed by atoms with Gasteiger partial charge in [-0.1, -0.05) is 37.2 Å². The molecule has 0 amide bonds. The van der Waals surface area contributed by atoms with Crippen LogP contribution >= 0.6 is 11.8 Å². The summed E-state index contributed by atoms with van der Waals surface area (Å²) in [6.07, 6.45) is 2.41. The zero-order chi connectivity index (χ0) is 12.1. The third kappa shape index (κ3) is 3.73. The van der Waals surface area contributed by atoms with E-state index in [-0.39, 0.29) is 5.82 Å². The first-order valence-electron chi connectivity index (χ1n) is 5.97. The Labute approximate surface area is 106 Å². The molecule has 17 heavy (non-hydrogen) atoms. The summed E-state index contributed by atoms with van der Waals surface area (Å²) in [4.78, 5) is 4.45. The van der Waals surface area contributed by atoms with Crippen LogP contribution in [0.3, 0.4) is 0 Å². The van der Waals surface area contributed by atoms with Crippen molar-refractivity contribution in [2.45, 2.75) is 31.6 Å². The van der Waals surface area contributed by atoms with E-state index >= 15 is 0 Å². The summed E-state index contributed by atoms with van der Waals surface area (Å²) in [5.74, 6) is -0.186. The highest BCUT2D eigenvalue weighted by molar-refractivity contribution is 8.14. The van der Waals surface area contributed by atoms with E-state index in [2.05, 4.69) is 17.2 Å². The van der Waals surface area contributed by atoms with Crippen molar-refractivity contribution in [2.24, 2.45) is 4.99 Å². The molecule has 1 heterocycles. The quantitative estimate of drug-likeness (QED) is 0.890. The Hall–Kier alpha value is -1.03. The standard InChI is InChI=1S/C13H17FN2S/c1-2-4-12-9-16-13(17-12)15-8-10-5-3-6-11(14)7-10/h3,5-7,12H,2,4,8-9H2,1H3,(H,15,16). The van der Waals surface area contributed by atoms with Gasteiger partial charge in [0, 0.05) is 11.8 Å². The summed E-state index contributed by atoms with van der Waals surface area (Å²) in [6, 6.07) is 6.66. The van der Waals surface area contributed by atoms with Gasteiger partial charge in [0.25, 0.3) is 0 Å². The number of rotatable bonds is 4. The van der Waals surface area contributed by atoms with Crippen LogP contribution in [-0.4, -0.2) is 17.0 Å². The van der Waals surface area contributed by atoms with E-state index in [1.54, 1.807) is 23.9 Å². The molecule has 4 heteroatoms. The molecule has 1 aliphatic heterocycles. The molecule has 1 aromatic rings. The molecule has 0 aromatic heterocycles. The molecule has 2 rings (SSSR count). The Morgan fingerprint density at radius 2 is 2.41 bits per heavy atom. The first-order chi connectivity index (χ1) is 8.28. The number of benzene rings is 1. The molecular weight excluding hydrogens is 235 g/mol. The van der Waals surface area contributed by atoms with E-state index in [1.165, 1.54) is 18.9 Å². The normalized spacial score (nSPS) is 19.2. The summed E-state index contributed by atoms with van der Waals surface area (Å²) >= 11 is 1.80. The third-order valence-corrected chi connectivity index (χ3v) is 3.88. The van der Waals surface area contributed by atoms with Gasteiger partial charge in [-0.25, -0.2) is 4.39 Å². The number of amidine groups is 1. The van der Waals surface area contributed by atoms with E-state index in [0.29, 0.717) is 11.8 Å². The predicted molar refractivity (Wildman–Crippen MR) is 71.8 cm³/mol. The Morgan fingerprint density at radius 1 is 1.53 bits per heavy atom. The maximum absolute atomic E-state index is 13.0. The molecule has 1 atom stereocenters. The summed E-state index contributed by atoms with van der Waals surface area (Å²) in [5.41, 5.74) is 0.951. The molecule has 0 aliphatic carbocycles. The molecule has 0 fully saturated rings. The number of hydrogen-bond acceptors (Lipinski definition) is 3. The third-order valence-electron chi connectivity index (χ3n) is 2.66. The van der Waals surface area contributed by atoms with Gasteiger partial charge in [0.2, 0.25) is 0 Å². The van der Waals surface area contributed by atoms with Gasteiger partial charge < -0.3 is 5.32 Å². The molecule has 1 unspecified atom stereocenters. The highest BCUT2D eigenvalue weighted by Crippen LogP contribution is 2.23. The minimum atomic E-state index is -0.186. The van der Waals surface area contributed by atoms with Crippen molar-refractivity contribution in [3.05, 3.63) is 35.6 Å². The molecule has 2 nitrogen and oxygen atoms in total. The van der Waals surface area contributed by atoms with Crippen molar-refractivity contribution < 1.29 is 4.39 Å². The highest BCUT2D eigenvalue weighted by Gasteiger charge is 2.18. The highest BCUT2D eigenvalue weighted by atomic mass is 32.2. The van der Waals surface area contributed by atoms with Crippen LogP contribution in [0.1, 0.15) is 25.3 Å². The number of halogens is 1. The zero-order valence-corrected chi connectivity index (χ0v) is 10.8. The smallest absolute Gasteiger partial charge is 0.157 e. The summed E-state index contributed by atoms with van der Waals surface area (Å²) < 4.78 is 13.0. The average Bonchev–Trinajstić information content (AvgIpc) is 2.75. The molecule has 1 N–H and O–H groups in total. The van der Waals surface area contributed by atoms with E-state index in [0.717, 1.165) is 17.3 Å². The first-order valence-corrected chi connectivity index (χ1v) is 6.85. The number of nitrogens with one attached hydrogen (secondary N) is 1. The Balaban J connectivity index is 1.80. The van der Waals surface area contributed by atoms with Crippen LogP contribution in [0.25, 0.3) is 0 Å². The average molecular weight is 252 g/mol. The monoisotopic (exact) mass is 252 g/mol. The fourth-order valence-electron chi connectivity index (χ4n) is 1.81. The molecular formula is C13H17FN2S. The lowest BCUT2D eigenvalue weighted by molar-refractivity contribution is 0.625. The number of aliphatic imine (C=N–C) groups is 1. The van der Waals surface area contributed by atoms with E-state index < -0.39 is 0 Å². The second-order valence-electron chi connectivity index (χ2n) is 4.16. The number of nitrogens with zero attached hydrogens (tertiary/aromatic N) is 1. The molecule has 1 aromatic carbocycles. The van der Waals surface area contributed by atoms with Crippen molar-refractivity contribution in [1.82, 2.24) is 5.32 Å². The topological polar surface area (TPSA) is 24.4 Å². The van der Waals surface area contributed by atoms with Crippen LogP contribution in [0.5, 0.6) is 0 Å². The molecule has 0 radical (unpaired) electrons. The Morgan fingerprint density at radius 3 is 3.18 bits per heavy atom. The van der Waals surface area contributed by atoms with Gasteiger partial charge in [0.15, 0.2) is 5.17 Å². The number of hydrogen-bond donors (Lipinski definition) is 1. The summed E-state index contributed by atoms with van der Waals surface area (Å²) in [6.45, 7) is 3.74. The maximum Gasteiger partial charge on any atom is 0.157 e. The van der Waals surface area contributed by atoms with E-state index in [9.17, 15) is 4.39 Å². The molecule has 0 bridgehead atoms. The minimum Gasteiger partial charge on any atom is -0.361 e. The van der Waals surface area contributed by atoms with Crippen LogP contribution in [0.2, 0.25) is 0 Å². The van der Waals surface area contributed by atoms with Crippen LogP contribution in [0.15, 0.2) is 29.3 Å². The molecule has 0 saturated carbocycles. The van der Waals surface area contributed by atoms with Crippen LogP contribution in [0, 0.1) is 5.82 Å². The lowest BCUT2D eigenvalue weighted by atomic mass is 10.2. The van der Waals surface area contributed by atoms with Gasteiger partial charge in [0.05, 0.1) is 6.54 Å². The summed E-state index contributed by atoms with van der Waals surface area (Å²) in [7, 11) is 0. The second-order valence-corrected chi connectivity index (χ2v) is 5.45. The van der Waals surface area contributed by atoms with Crippen molar-refractivity contribution >= 4 is 16.9 Å². The van der Waals surface area contributed by atoms with Crippen molar-refractivity contribution in [2.75, 3.05) is 6.54 Å². The molecule has 92 valence electrons. The van der Waals surface area contributed by atoms with Gasteiger partial charge in [-0.15, -0.1) is 0 Å². The lowest BCUT2D eigenvalue weighted by Crippen LogP contribution is -2.18. The van der Waals surface area contributed by atoms with Crippen LogP contribution in [0.4, 0.5) is 4.39 Å². The maximum atomic E-state index is 13.0. The number of thioether (sulfide) groups is 1. The summed E-state index contributed by atoms with van der Waals surface area (Å²) in [5, 5.41) is 4.87. The van der Waals surface area contributed by atoms with Gasteiger partial charge in [0.1, 0.15) is 5.82 Å². The fraction of sp³-hybridized carbons (Fsp3) is 0.462. The van der Waals surface area contributed by atoms with Crippen molar-refractivity contribution in [1.29, 1.82) is 0 Å². The SMILES string of the molecule is CCCC1CN=C(NCc2cccc(F)c2)S1. The van der Waals surface area contributed by atoms with Gasteiger partial charge in [-0.3, -0.25) is 4.99 Å². The van der Waals surface area contributed by atoms with Gasteiger partial charge in [-0.2, -0.15) is 0 Å². The van der Waals surface area contributed by atoms with E-state index in [4.69, 9.17) is 0 Å². The van der Waals surface area contributed by atoms with E-state index in [1.807, 2.05) is 6.07 Å². The Bertz CT molecular complexity index is 406. The zero-order valence-electron chi connectivity index (χ0n) is 9.95. The lowest BCUT2D eigenvalue weighted by Gasteiger charge is -2.08. The predicted octanol–water partition coefficient (Wildman–Crippen LogP) is 3.19. The van der Waals surface area contributed by atoms with Gasteiger partial charge in [-0.05, 0) is 24.1 Å². The van der Waals surface area contributed by atoms with Crippen LogP contribution in [-0.2, 0) is 6.54 Å². The van der Waals surface area contributed by atoms with Gasteiger partial charge >= 0.3 is 0 Å². The largest absolute Gasteiger partial charge is 0.361 e. The minimum absolute atomic E-state index is 0.186. The second kappa shape index (κ2) is 6.05. The Kier molecular flexibility index (Phi) is 4.42. The van der Waals surface area contributed by atoms with Crippen LogP contribution < -0.4 is 5.32 Å². The first kappa shape index (κ1) is 12.4. The van der Waals surface area contributed by atoms with Crippen molar-refractivity contribution in [3.63, 3.8) is 0 Å².